The number of aryl methyl sites for hydroxylation is 3. The first kappa shape index (κ1) is 60.8. The maximum atomic E-state index is 6.02. The Hall–Kier alpha value is -8.80. The Bertz CT molecular complexity index is 4130. The molecule has 0 aliphatic heterocycles. The van der Waals surface area contributed by atoms with E-state index in [4.69, 9.17) is 15.9 Å². The minimum Gasteiger partial charge on any atom is -0.496 e. The van der Waals surface area contributed by atoms with Gasteiger partial charge in [0.05, 0.1) is 19.6 Å². The van der Waals surface area contributed by atoms with Gasteiger partial charge in [0.1, 0.15) is 11.5 Å². The van der Waals surface area contributed by atoms with Crippen LogP contribution in [0.2, 0.25) is 0 Å². The minimum absolute atomic E-state index is 0.147. The van der Waals surface area contributed by atoms with Crippen LogP contribution in [0, 0.1) is 109 Å². The first-order valence-electron chi connectivity index (χ1n) is 31.4. The monoisotopic (exact) mass is 1110 g/mol. The van der Waals surface area contributed by atoms with Gasteiger partial charge in [-0.05, 0) is 238 Å². The van der Waals surface area contributed by atoms with Gasteiger partial charge in [-0.25, -0.2) is 0 Å². The third kappa shape index (κ3) is 13.1. The Morgan fingerprint density at radius 3 is 1.47 bits per heavy atom. The van der Waals surface area contributed by atoms with Crippen molar-refractivity contribution in [2.24, 2.45) is 0 Å². The normalized spacial score (nSPS) is 13.4. The molecule has 0 saturated heterocycles. The molecule has 2 aliphatic rings. The Morgan fingerprint density at radius 1 is 0.400 bits per heavy atom. The van der Waals surface area contributed by atoms with E-state index < -0.39 is 5.41 Å². The summed E-state index contributed by atoms with van der Waals surface area (Å²) in [7, 11) is 3.47. The first-order valence-corrected chi connectivity index (χ1v) is 31.4. The maximum absolute atomic E-state index is 6.02. The number of rotatable bonds is 24. The zero-order valence-corrected chi connectivity index (χ0v) is 51.7. The van der Waals surface area contributed by atoms with Crippen LogP contribution in [0.1, 0.15) is 183 Å². The van der Waals surface area contributed by atoms with Crippen LogP contribution in [0.25, 0.3) is 66.3 Å². The Morgan fingerprint density at radius 2 is 0.871 bits per heavy atom. The predicted octanol–water partition coefficient (Wildman–Crippen LogP) is 19.4. The van der Waals surface area contributed by atoms with Crippen molar-refractivity contribution in [1.82, 2.24) is 4.57 Å². The third-order valence-corrected chi connectivity index (χ3v) is 17.8. The quantitative estimate of drug-likeness (QED) is 0.0445. The van der Waals surface area contributed by atoms with Crippen molar-refractivity contribution >= 4 is 21.8 Å². The van der Waals surface area contributed by atoms with E-state index in [0.717, 1.165) is 73.3 Å². The van der Waals surface area contributed by atoms with Crippen LogP contribution in [-0.4, -0.2) is 18.8 Å². The summed E-state index contributed by atoms with van der Waals surface area (Å²) in [5.74, 6) is 43.8. The van der Waals surface area contributed by atoms with Crippen LogP contribution in [0.4, 0.5) is 0 Å². The molecule has 426 valence electrons. The zero-order chi connectivity index (χ0) is 59.6. The summed E-state index contributed by atoms with van der Waals surface area (Å²) in [5.41, 5.74) is 19.9. The molecule has 0 fully saturated rings. The van der Waals surface area contributed by atoms with Gasteiger partial charge in [-0.1, -0.05) is 178 Å². The number of hydrogen-bond donors (Lipinski definition) is 0. The Balaban J connectivity index is 1.21. The van der Waals surface area contributed by atoms with Crippen molar-refractivity contribution in [2.45, 2.75) is 181 Å². The summed E-state index contributed by atoms with van der Waals surface area (Å²) >= 11 is 0. The van der Waals surface area contributed by atoms with Gasteiger partial charge in [0.15, 0.2) is 0 Å². The van der Waals surface area contributed by atoms with E-state index in [1.807, 2.05) is 6.07 Å². The molecule has 1 heterocycles. The summed E-state index contributed by atoms with van der Waals surface area (Å²) in [6, 6.07) is 38.3. The van der Waals surface area contributed by atoms with E-state index >= 15 is 0 Å². The van der Waals surface area contributed by atoms with Crippen molar-refractivity contribution in [2.75, 3.05) is 14.2 Å². The molecular formula is C82H81NO2. The van der Waals surface area contributed by atoms with E-state index in [1.54, 1.807) is 14.2 Å². The molecule has 0 N–H and O–H groups in total. The highest BCUT2D eigenvalue weighted by atomic mass is 16.5. The van der Waals surface area contributed by atoms with Gasteiger partial charge >= 0.3 is 0 Å². The average molecular weight is 1110 g/mol. The number of hydrogen-bond acceptors (Lipinski definition) is 2. The fraction of sp³-hybridized carbons (Fsp3) is 0.366. The van der Waals surface area contributed by atoms with E-state index in [1.165, 1.54) is 166 Å². The lowest BCUT2D eigenvalue weighted by molar-refractivity contribution is 0.393. The fourth-order valence-electron chi connectivity index (χ4n) is 13.5. The number of terminal acetylenes is 1. The topological polar surface area (TPSA) is 23.4 Å². The van der Waals surface area contributed by atoms with E-state index in [9.17, 15) is 0 Å². The summed E-state index contributed by atoms with van der Waals surface area (Å²) in [5, 5.41) is 2.55. The molecule has 1 atom stereocenters. The van der Waals surface area contributed by atoms with Crippen molar-refractivity contribution < 1.29 is 9.47 Å². The number of nitrogens with zero attached hydrogens (tertiary/aromatic N) is 1. The molecule has 3 nitrogen and oxygen atoms in total. The standard InChI is InChI=1S/C82H81NO2/c1-10-15-20-25-26-27-28-29-30-31-32-33-34-38-51-81(48-35-21-16-11-2)73-53-61(6)40-44-66(73)69-58-76-70(59-75(69)81)67-45-41-64(57-74(67)82(76,49-36-22-17-12-3)50-37-23-18-13-4)63-42-46-77-71(55-63)72-56-65(43-47-78(72)83(77)52-39-24-19-14-5)68-54-62(7)79(84-8)60-80(68)85-9/h1,40-47,53-60H,11-14,16-19,21-24,35-37,39,48-50,52H2,2-9H3. The number of aromatic nitrogens is 1. The second-order valence-electron chi connectivity index (χ2n) is 23.3. The highest BCUT2D eigenvalue weighted by Crippen LogP contribution is 2.60. The number of benzene rings is 6. The van der Waals surface area contributed by atoms with Gasteiger partial charge in [-0.2, -0.15) is 0 Å². The van der Waals surface area contributed by atoms with Gasteiger partial charge in [-0.3, -0.25) is 0 Å². The molecule has 1 unspecified atom stereocenters. The summed E-state index contributed by atoms with van der Waals surface area (Å²) in [4.78, 5) is 0. The van der Waals surface area contributed by atoms with Crippen LogP contribution >= 0.6 is 0 Å². The van der Waals surface area contributed by atoms with Crippen LogP contribution < -0.4 is 9.47 Å². The van der Waals surface area contributed by atoms with Crippen LogP contribution in [0.15, 0.2) is 97.1 Å². The number of unbranched alkanes of at least 4 members (excludes halogenated alkanes) is 12. The lowest BCUT2D eigenvalue weighted by Gasteiger charge is -2.34. The summed E-state index contributed by atoms with van der Waals surface area (Å²) in [6.07, 6.45) is 27.4. The van der Waals surface area contributed by atoms with Gasteiger partial charge < -0.3 is 14.0 Å². The van der Waals surface area contributed by atoms with Gasteiger partial charge in [0, 0.05) is 45.4 Å². The summed E-state index contributed by atoms with van der Waals surface area (Å²) in [6.45, 7) is 14.5. The molecule has 3 heteroatoms. The number of ether oxygens (including phenoxy) is 2. The number of fused-ring (bicyclic) bond motifs is 9. The molecule has 0 saturated carbocycles. The van der Waals surface area contributed by atoms with Gasteiger partial charge in [-0.15, -0.1) is 6.42 Å². The van der Waals surface area contributed by atoms with Crippen molar-refractivity contribution in [3.8, 4) is 151 Å². The molecule has 1 aromatic heterocycles. The lowest BCUT2D eigenvalue weighted by atomic mass is 9.69. The minimum atomic E-state index is -0.544. The molecule has 0 bridgehead atoms. The third-order valence-electron chi connectivity index (χ3n) is 17.8. The molecule has 0 amide bonds. The first-order chi connectivity index (χ1) is 41.7. The second-order valence-corrected chi connectivity index (χ2v) is 23.3. The van der Waals surface area contributed by atoms with Crippen molar-refractivity contribution in [3.63, 3.8) is 0 Å². The summed E-state index contributed by atoms with van der Waals surface area (Å²) < 4.78 is 14.3. The highest BCUT2D eigenvalue weighted by Gasteiger charge is 2.48. The lowest BCUT2D eigenvalue weighted by Crippen LogP contribution is -2.26. The van der Waals surface area contributed by atoms with E-state index in [0.29, 0.717) is 0 Å². The van der Waals surface area contributed by atoms with Crippen LogP contribution in [0.3, 0.4) is 0 Å². The Labute approximate surface area is 509 Å². The molecule has 6 aromatic carbocycles. The zero-order valence-electron chi connectivity index (χ0n) is 51.7. The SMILES string of the molecule is C#CC#CC#CC#CC#CC#CC#CC#CC1(CCCCCC)c2cc(C)ccc2-c2cc3c(cc21)-c1ccc(-c2ccc4c(c2)c2cc(-c5cc(C)c(OC)cc5OC)ccc2n4CCCCCC)cc1C3(CCCCCC)CCCCCC. The average Bonchev–Trinajstić information content (AvgIpc) is 1.68. The van der Waals surface area contributed by atoms with E-state index in [2.05, 4.69) is 226 Å². The largest absolute Gasteiger partial charge is 0.496 e. The smallest absolute Gasteiger partial charge is 0.130 e. The molecule has 7 aromatic rings. The predicted molar refractivity (Wildman–Crippen MR) is 359 cm³/mol. The maximum Gasteiger partial charge on any atom is 0.130 e. The highest BCUT2D eigenvalue weighted by molar-refractivity contribution is 6.11. The van der Waals surface area contributed by atoms with Crippen LogP contribution in [-0.2, 0) is 17.4 Å². The Kier molecular flexibility index (Phi) is 20.8. The van der Waals surface area contributed by atoms with Gasteiger partial charge in [0.25, 0.3) is 0 Å². The number of methoxy groups -OCH3 is 2. The molecule has 85 heavy (non-hydrogen) atoms. The van der Waals surface area contributed by atoms with Crippen LogP contribution in [0.5, 0.6) is 11.5 Å². The fourth-order valence-corrected chi connectivity index (χ4v) is 13.5. The molecular weight excluding hydrogens is 1030 g/mol. The van der Waals surface area contributed by atoms with E-state index in [-0.39, 0.29) is 5.41 Å². The van der Waals surface area contributed by atoms with Crippen molar-refractivity contribution in [3.05, 3.63) is 130 Å². The second kappa shape index (κ2) is 29.1. The molecule has 0 radical (unpaired) electrons. The van der Waals surface area contributed by atoms with Gasteiger partial charge in [0.2, 0.25) is 0 Å². The molecule has 0 spiro atoms. The van der Waals surface area contributed by atoms with Crippen molar-refractivity contribution in [1.29, 1.82) is 0 Å². The molecule has 9 rings (SSSR count). The molecule has 2 aliphatic carbocycles.